The van der Waals surface area contributed by atoms with E-state index in [4.69, 9.17) is 0 Å². The Hall–Kier alpha value is -2.34. The van der Waals surface area contributed by atoms with Gasteiger partial charge in [-0.05, 0) is 63.8 Å². The lowest BCUT2D eigenvalue weighted by Gasteiger charge is -2.37. The third-order valence-electron chi connectivity index (χ3n) is 6.13. The maximum Gasteiger partial charge on any atom is 0.0152 e. The minimum atomic E-state index is 0.0934. The highest BCUT2D eigenvalue weighted by Gasteiger charge is 2.34. The molecule has 0 spiro atoms. The summed E-state index contributed by atoms with van der Waals surface area (Å²) in [6.07, 6.45) is 3.26. The van der Waals surface area contributed by atoms with Crippen molar-refractivity contribution >= 4 is 0 Å². The van der Waals surface area contributed by atoms with Crippen LogP contribution in [0.3, 0.4) is 0 Å². The summed E-state index contributed by atoms with van der Waals surface area (Å²) in [6, 6.07) is 22.7. The highest BCUT2D eigenvalue weighted by Crippen LogP contribution is 2.44. The van der Waals surface area contributed by atoms with E-state index in [0.29, 0.717) is 0 Å². The molecule has 3 aromatic carbocycles. The van der Waals surface area contributed by atoms with Crippen LogP contribution in [-0.4, -0.2) is 0 Å². The third kappa shape index (κ3) is 1.86. The second kappa shape index (κ2) is 4.83. The SMILES string of the molecule is CC1(C)c2ccccc2Cc2c1ccc1c2Cc2ccccc2C1. The number of benzene rings is 3. The van der Waals surface area contributed by atoms with E-state index in [2.05, 4.69) is 74.5 Å². The summed E-state index contributed by atoms with van der Waals surface area (Å²) in [4.78, 5) is 0. The first-order valence-electron chi connectivity index (χ1n) is 8.94. The van der Waals surface area contributed by atoms with Gasteiger partial charge < -0.3 is 0 Å². The van der Waals surface area contributed by atoms with Crippen molar-refractivity contribution in [1.29, 1.82) is 0 Å². The van der Waals surface area contributed by atoms with E-state index in [-0.39, 0.29) is 5.41 Å². The lowest BCUT2D eigenvalue weighted by Crippen LogP contribution is -2.29. The molecule has 0 heterocycles. The van der Waals surface area contributed by atoms with E-state index in [1.165, 1.54) is 33.4 Å². The number of hydrogen-bond acceptors (Lipinski definition) is 0. The maximum absolute atomic E-state index is 2.40. The number of hydrogen-bond donors (Lipinski definition) is 0. The summed E-state index contributed by atoms with van der Waals surface area (Å²) >= 11 is 0. The van der Waals surface area contributed by atoms with Gasteiger partial charge in [-0.1, -0.05) is 74.5 Å². The third-order valence-corrected chi connectivity index (χ3v) is 6.13. The van der Waals surface area contributed by atoms with Gasteiger partial charge in [-0.2, -0.15) is 0 Å². The fraction of sp³-hybridized carbons (Fsp3) is 0.250. The molecule has 0 radical (unpaired) electrons. The molecule has 0 amide bonds. The van der Waals surface area contributed by atoms with Gasteiger partial charge in [0.05, 0.1) is 0 Å². The second-order valence-electron chi connectivity index (χ2n) is 7.81. The summed E-state index contributed by atoms with van der Waals surface area (Å²) in [5.74, 6) is 0. The second-order valence-corrected chi connectivity index (χ2v) is 7.81. The normalized spacial score (nSPS) is 16.6. The Kier molecular flexibility index (Phi) is 2.83. The van der Waals surface area contributed by atoms with E-state index in [9.17, 15) is 0 Å². The van der Waals surface area contributed by atoms with Crippen LogP contribution < -0.4 is 0 Å². The zero-order valence-corrected chi connectivity index (χ0v) is 14.4. The maximum atomic E-state index is 2.40. The van der Waals surface area contributed by atoms with Crippen molar-refractivity contribution in [3.63, 3.8) is 0 Å². The lowest BCUT2D eigenvalue weighted by atomic mass is 9.66. The standard InChI is InChI=1S/C24H22/c1-24(2)22-10-6-5-9-19(22)15-21-20-14-17-8-4-3-7-16(17)13-18(20)11-12-23(21)24/h3-12H,13-15H2,1-2H3. The van der Waals surface area contributed by atoms with E-state index >= 15 is 0 Å². The summed E-state index contributed by atoms with van der Waals surface area (Å²) in [6.45, 7) is 4.76. The molecule has 0 atom stereocenters. The Morgan fingerprint density at radius 1 is 0.542 bits per heavy atom. The zero-order chi connectivity index (χ0) is 16.3. The van der Waals surface area contributed by atoms with Crippen LogP contribution in [0.5, 0.6) is 0 Å². The first kappa shape index (κ1) is 14.0. The number of rotatable bonds is 0. The fourth-order valence-electron chi connectivity index (χ4n) is 4.83. The van der Waals surface area contributed by atoms with E-state index in [1.807, 2.05) is 0 Å². The van der Waals surface area contributed by atoms with Crippen molar-refractivity contribution in [3.8, 4) is 0 Å². The van der Waals surface area contributed by atoms with Gasteiger partial charge in [0.15, 0.2) is 0 Å². The molecule has 0 saturated carbocycles. The molecule has 2 aliphatic carbocycles. The number of fused-ring (bicyclic) bond motifs is 5. The molecule has 0 nitrogen and oxygen atoms in total. The summed E-state index contributed by atoms with van der Waals surface area (Å²) in [5.41, 5.74) is 12.3. The van der Waals surface area contributed by atoms with Gasteiger partial charge in [0.25, 0.3) is 0 Å². The van der Waals surface area contributed by atoms with Crippen LogP contribution >= 0.6 is 0 Å². The minimum absolute atomic E-state index is 0.0934. The van der Waals surface area contributed by atoms with Gasteiger partial charge >= 0.3 is 0 Å². The molecular weight excluding hydrogens is 288 g/mol. The van der Waals surface area contributed by atoms with Gasteiger partial charge in [-0.15, -0.1) is 0 Å². The van der Waals surface area contributed by atoms with Crippen molar-refractivity contribution in [2.75, 3.05) is 0 Å². The molecule has 118 valence electrons. The molecule has 0 heteroatoms. The Morgan fingerprint density at radius 3 is 1.96 bits per heavy atom. The largest absolute Gasteiger partial charge is 0.0620 e. The summed E-state index contributed by atoms with van der Waals surface area (Å²) in [5, 5.41) is 0. The van der Waals surface area contributed by atoms with Crippen LogP contribution in [0.2, 0.25) is 0 Å². The lowest BCUT2D eigenvalue weighted by molar-refractivity contribution is 0.607. The average Bonchev–Trinajstić information content (AvgIpc) is 2.60. The zero-order valence-electron chi connectivity index (χ0n) is 14.4. The summed E-state index contributed by atoms with van der Waals surface area (Å²) < 4.78 is 0. The molecule has 0 aliphatic heterocycles. The minimum Gasteiger partial charge on any atom is -0.0620 e. The molecule has 3 aromatic rings. The van der Waals surface area contributed by atoms with Crippen molar-refractivity contribution in [1.82, 2.24) is 0 Å². The van der Waals surface area contributed by atoms with Crippen LogP contribution in [0.25, 0.3) is 0 Å². The quantitative estimate of drug-likeness (QED) is 0.407. The molecule has 2 aliphatic rings. The molecule has 0 N–H and O–H groups in total. The van der Waals surface area contributed by atoms with Gasteiger partial charge in [0.1, 0.15) is 0 Å². The van der Waals surface area contributed by atoms with Crippen LogP contribution in [0.1, 0.15) is 58.4 Å². The van der Waals surface area contributed by atoms with Crippen molar-refractivity contribution in [3.05, 3.63) is 105 Å². The smallest absolute Gasteiger partial charge is 0.0152 e. The van der Waals surface area contributed by atoms with Crippen LogP contribution in [0, 0.1) is 0 Å². The van der Waals surface area contributed by atoms with Crippen molar-refractivity contribution in [2.24, 2.45) is 0 Å². The summed E-state index contributed by atoms with van der Waals surface area (Å²) in [7, 11) is 0. The highest BCUT2D eigenvalue weighted by molar-refractivity contribution is 5.59. The molecule has 0 fully saturated rings. The van der Waals surface area contributed by atoms with Crippen molar-refractivity contribution in [2.45, 2.75) is 38.5 Å². The predicted molar refractivity (Wildman–Crippen MR) is 99.9 cm³/mol. The molecule has 0 aromatic heterocycles. The van der Waals surface area contributed by atoms with E-state index < -0.39 is 0 Å². The molecule has 0 saturated heterocycles. The van der Waals surface area contributed by atoms with Crippen LogP contribution in [0.4, 0.5) is 0 Å². The first-order valence-corrected chi connectivity index (χ1v) is 8.94. The fourth-order valence-corrected chi connectivity index (χ4v) is 4.83. The van der Waals surface area contributed by atoms with Crippen LogP contribution in [0.15, 0.2) is 60.7 Å². The molecule has 24 heavy (non-hydrogen) atoms. The Labute approximate surface area is 144 Å². The van der Waals surface area contributed by atoms with Gasteiger partial charge in [-0.3, -0.25) is 0 Å². The van der Waals surface area contributed by atoms with Gasteiger partial charge in [-0.25, -0.2) is 0 Å². The van der Waals surface area contributed by atoms with E-state index in [1.54, 1.807) is 11.1 Å². The highest BCUT2D eigenvalue weighted by atomic mass is 14.4. The topological polar surface area (TPSA) is 0 Å². The predicted octanol–water partition coefficient (Wildman–Crippen LogP) is 5.41. The molecule has 5 rings (SSSR count). The molecule has 0 unspecified atom stereocenters. The van der Waals surface area contributed by atoms with Gasteiger partial charge in [0.2, 0.25) is 0 Å². The Bertz CT molecular complexity index is 960. The molecular formula is C24H22. The monoisotopic (exact) mass is 310 g/mol. The Morgan fingerprint density at radius 2 is 1.17 bits per heavy atom. The van der Waals surface area contributed by atoms with Crippen LogP contribution in [-0.2, 0) is 24.7 Å². The Balaban J connectivity index is 1.71. The average molecular weight is 310 g/mol. The first-order chi connectivity index (χ1) is 11.6. The van der Waals surface area contributed by atoms with Gasteiger partial charge in [0, 0.05) is 5.41 Å². The molecule has 0 bridgehead atoms. The van der Waals surface area contributed by atoms with E-state index in [0.717, 1.165) is 19.3 Å². The van der Waals surface area contributed by atoms with Crippen molar-refractivity contribution < 1.29 is 0 Å².